The Morgan fingerprint density at radius 2 is 0.470 bits per heavy atom. The Hall–Kier alpha value is -3.15. The minimum atomic E-state index is -0.775. The van der Waals surface area contributed by atoms with E-state index < -0.39 is 6.10 Å². The van der Waals surface area contributed by atoms with Crippen molar-refractivity contribution in [3.63, 3.8) is 0 Å². The molecule has 0 bridgehead atoms. The van der Waals surface area contributed by atoms with Crippen LogP contribution >= 0.6 is 0 Å². The maximum Gasteiger partial charge on any atom is 0.306 e. The third kappa shape index (κ3) is 69.5. The molecule has 0 heterocycles. The first-order valence-electron chi connectivity index (χ1n) is 36.4. The average molecular weight is 1160 g/mol. The molecule has 0 rings (SSSR count). The minimum Gasteiger partial charge on any atom is -0.462 e. The summed E-state index contributed by atoms with van der Waals surface area (Å²) in [7, 11) is 0. The van der Waals surface area contributed by atoms with Gasteiger partial charge in [0, 0.05) is 19.3 Å². The van der Waals surface area contributed by atoms with Crippen molar-refractivity contribution in [3.05, 3.63) is 72.9 Å². The van der Waals surface area contributed by atoms with E-state index in [4.69, 9.17) is 14.2 Å². The van der Waals surface area contributed by atoms with Crippen molar-refractivity contribution < 1.29 is 28.6 Å². The summed E-state index contributed by atoms with van der Waals surface area (Å²) in [5.74, 6) is -0.854. The number of hydrogen-bond donors (Lipinski definition) is 0. The zero-order valence-electron chi connectivity index (χ0n) is 55.5. The van der Waals surface area contributed by atoms with Crippen LogP contribution in [-0.4, -0.2) is 37.2 Å². The molecule has 482 valence electrons. The van der Waals surface area contributed by atoms with E-state index >= 15 is 0 Å². The molecule has 0 amide bonds. The summed E-state index contributed by atoms with van der Waals surface area (Å²) >= 11 is 0. The van der Waals surface area contributed by atoms with Crippen molar-refractivity contribution in [1.29, 1.82) is 0 Å². The van der Waals surface area contributed by atoms with Crippen molar-refractivity contribution >= 4 is 17.9 Å². The number of hydrogen-bond acceptors (Lipinski definition) is 6. The molecule has 1 unspecified atom stereocenters. The van der Waals surface area contributed by atoms with Gasteiger partial charge in [-0.1, -0.05) is 344 Å². The Morgan fingerprint density at radius 1 is 0.253 bits per heavy atom. The Bertz CT molecular complexity index is 1520. The van der Waals surface area contributed by atoms with Gasteiger partial charge in [-0.25, -0.2) is 0 Å². The summed E-state index contributed by atoms with van der Waals surface area (Å²) in [5, 5.41) is 0. The fraction of sp³-hybridized carbons (Fsp3) is 0.805. The normalized spacial score (nSPS) is 12.5. The molecule has 6 heteroatoms. The zero-order valence-corrected chi connectivity index (χ0v) is 55.5. The van der Waals surface area contributed by atoms with Gasteiger partial charge in [-0.05, 0) is 89.9 Å². The average Bonchev–Trinajstić information content (AvgIpc) is 3.49. The van der Waals surface area contributed by atoms with Gasteiger partial charge >= 0.3 is 17.9 Å². The van der Waals surface area contributed by atoms with Crippen LogP contribution in [0.3, 0.4) is 0 Å². The largest absolute Gasteiger partial charge is 0.462 e. The molecular weight excluding hydrogens is 1020 g/mol. The lowest BCUT2D eigenvalue weighted by Gasteiger charge is -2.18. The van der Waals surface area contributed by atoms with Gasteiger partial charge in [0.05, 0.1) is 0 Å². The summed E-state index contributed by atoms with van der Waals surface area (Å²) < 4.78 is 17.0. The van der Waals surface area contributed by atoms with Gasteiger partial charge in [-0.2, -0.15) is 0 Å². The quantitative estimate of drug-likeness (QED) is 0.0261. The van der Waals surface area contributed by atoms with Crippen molar-refractivity contribution in [2.75, 3.05) is 13.2 Å². The molecule has 0 spiro atoms. The summed E-state index contributed by atoms with van der Waals surface area (Å²) in [6.07, 6.45) is 93.7. The fourth-order valence-corrected chi connectivity index (χ4v) is 10.8. The van der Waals surface area contributed by atoms with E-state index in [0.717, 1.165) is 96.3 Å². The third-order valence-corrected chi connectivity index (χ3v) is 16.2. The van der Waals surface area contributed by atoms with E-state index in [9.17, 15) is 14.4 Å². The molecule has 0 aromatic rings. The first-order chi connectivity index (χ1) is 41.0. The van der Waals surface area contributed by atoms with E-state index in [-0.39, 0.29) is 31.1 Å². The zero-order chi connectivity index (χ0) is 59.9. The topological polar surface area (TPSA) is 78.9 Å². The number of unbranched alkanes of at least 4 members (excludes halogenated alkanes) is 44. The highest BCUT2D eigenvalue weighted by molar-refractivity contribution is 5.71. The number of ether oxygens (including phenoxy) is 3. The molecule has 0 saturated heterocycles. The number of carbonyl (C=O) groups excluding carboxylic acids is 3. The maximum atomic E-state index is 12.9. The number of esters is 3. The van der Waals surface area contributed by atoms with Gasteiger partial charge in [-0.3, -0.25) is 14.4 Å². The first-order valence-corrected chi connectivity index (χ1v) is 36.4. The van der Waals surface area contributed by atoms with Crippen molar-refractivity contribution in [2.24, 2.45) is 0 Å². The predicted molar refractivity (Wildman–Crippen MR) is 362 cm³/mol. The molecule has 0 radical (unpaired) electrons. The SMILES string of the molecule is CC/C=C\C/C=C\C/C=C\C/C=C\C/C=C\CCCCCCCCCCCCCCCCCCCCCC(=O)OCC(COC(=O)CCCCCCC/C=C\CCCCCCC)OC(=O)CCCCCCCCCCCCCCCCCC. The van der Waals surface area contributed by atoms with Gasteiger partial charge in [0.2, 0.25) is 0 Å². The van der Waals surface area contributed by atoms with Gasteiger partial charge in [0.1, 0.15) is 13.2 Å². The van der Waals surface area contributed by atoms with Crippen LogP contribution in [0.2, 0.25) is 0 Å². The van der Waals surface area contributed by atoms with E-state index in [1.165, 1.54) is 244 Å². The van der Waals surface area contributed by atoms with Crippen LogP contribution in [0, 0.1) is 0 Å². The second kappa shape index (κ2) is 71.3. The molecule has 0 aromatic carbocycles. The highest BCUT2D eigenvalue weighted by Crippen LogP contribution is 2.18. The summed E-state index contributed by atoms with van der Waals surface area (Å²) in [6, 6.07) is 0. The van der Waals surface area contributed by atoms with Crippen LogP contribution in [0.5, 0.6) is 0 Å². The molecule has 83 heavy (non-hydrogen) atoms. The minimum absolute atomic E-state index is 0.0710. The lowest BCUT2D eigenvalue weighted by atomic mass is 10.0. The van der Waals surface area contributed by atoms with Crippen LogP contribution in [0.4, 0.5) is 0 Å². The summed E-state index contributed by atoms with van der Waals surface area (Å²) in [6.45, 7) is 6.57. The van der Waals surface area contributed by atoms with Gasteiger partial charge in [-0.15, -0.1) is 0 Å². The van der Waals surface area contributed by atoms with Gasteiger partial charge < -0.3 is 14.2 Å². The highest BCUT2D eigenvalue weighted by Gasteiger charge is 2.19. The number of rotatable bonds is 67. The second-order valence-corrected chi connectivity index (χ2v) is 24.5. The van der Waals surface area contributed by atoms with Crippen LogP contribution in [0.25, 0.3) is 0 Å². The van der Waals surface area contributed by atoms with E-state index in [1.807, 2.05) is 0 Å². The summed E-state index contributed by atoms with van der Waals surface area (Å²) in [4.78, 5) is 38.4. The van der Waals surface area contributed by atoms with Crippen LogP contribution < -0.4 is 0 Å². The molecule has 0 N–H and O–H groups in total. The van der Waals surface area contributed by atoms with E-state index in [0.29, 0.717) is 19.3 Å². The van der Waals surface area contributed by atoms with Crippen molar-refractivity contribution in [2.45, 2.75) is 386 Å². The molecule has 0 aliphatic carbocycles. The molecule has 0 saturated carbocycles. The summed E-state index contributed by atoms with van der Waals surface area (Å²) in [5.41, 5.74) is 0. The fourth-order valence-electron chi connectivity index (χ4n) is 10.8. The third-order valence-electron chi connectivity index (χ3n) is 16.2. The second-order valence-electron chi connectivity index (χ2n) is 24.5. The van der Waals surface area contributed by atoms with Crippen LogP contribution in [0.15, 0.2) is 72.9 Å². The molecule has 0 aromatic heterocycles. The molecule has 6 nitrogen and oxygen atoms in total. The Labute approximate surface area is 516 Å². The maximum absolute atomic E-state index is 12.9. The van der Waals surface area contributed by atoms with Crippen molar-refractivity contribution in [3.8, 4) is 0 Å². The lowest BCUT2D eigenvalue weighted by molar-refractivity contribution is -0.167. The first kappa shape index (κ1) is 79.8. The molecule has 0 aliphatic rings. The Balaban J connectivity index is 4.12. The van der Waals surface area contributed by atoms with Crippen molar-refractivity contribution in [1.82, 2.24) is 0 Å². The monoisotopic (exact) mass is 1160 g/mol. The molecule has 0 aliphatic heterocycles. The van der Waals surface area contributed by atoms with E-state index in [2.05, 4.69) is 93.7 Å². The smallest absolute Gasteiger partial charge is 0.306 e. The van der Waals surface area contributed by atoms with Gasteiger partial charge in [0.25, 0.3) is 0 Å². The predicted octanol–water partition coefficient (Wildman–Crippen LogP) is 25.2. The standard InChI is InChI=1S/C77H138O6/c1-4-7-10-13-16-19-22-25-28-30-31-32-33-34-35-36-37-38-39-40-41-42-43-44-45-46-47-48-50-52-55-58-61-64-67-70-76(79)82-73-74(72-81-75(78)69-66-63-60-57-54-51-27-24-21-18-15-12-9-6-3)83-77(80)71-68-65-62-59-56-53-49-29-26-23-20-17-14-11-8-5-2/h7,10,16,19,24-25,27-28,31-32,34-35,74H,4-6,8-9,11-15,17-18,20-23,26,29-30,33,36-73H2,1-3H3/b10-7-,19-16-,27-24-,28-25-,32-31-,35-34-. The van der Waals surface area contributed by atoms with Gasteiger partial charge in [0.15, 0.2) is 6.10 Å². The molecular formula is C77H138O6. The number of carbonyl (C=O) groups is 3. The van der Waals surface area contributed by atoms with Crippen LogP contribution in [-0.2, 0) is 28.6 Å². The molecule has 0 fully saturated rings. The Kier molecular flexibility index (Phi) is 68.6. The lowest BCUT2D eigenvalue weighted by Crippen LogP contribution is -2.30. The Morgan fingerprint density at radius 3 is 0.747 bits per heavy atom. The van der Waals surface area contributed by atoms with Crippen LogP contribution in [0.1, 0.15) is 380 Å². The highest BCUT2D eigenvalue weighted by atomic mass is 16.6. The molecule has 1 atom stereocenters. The van der Waals surface area contributed by atoms with E-state index in [1.54, 1.807) is 0 Å². The number of allylic oxidation sites excluding steroid dienone is 12.